The molecule has 0 aromatic heterocycles. The van der Waals surface area contributed by atoms with Crippen LogP contribution in [0.4, 0.5) is 18.0 Å². The Morgan fingerprint density at radius 2 is 1.55 bits per heavy atom. The molecule has 0 bridgehead atoms. The highest BCUT2D eigenvalue weighted by molar-refractivity contribution is 7.89. The summed E-state index contributed by atoms with van der Waals surface area (Å²) in [5.74, 6) is 1.05. The molecule has 0 aliphatic carbocycles. The molecule has 12 heteroatoms. The van der Waals surface area contributed by atoms with E-state index in [0.29, 0.717) is 17.1 Å². The number of rotatable bonds is 8. The molecule has 8 nitrogen and oxygen atoms in total. The van der Waals surface area contributed by atoms with Gasteiger partial charge < -0.3 is 14.7 Å². The minimum absolute atomic E-state index is 0.00246. The van der Waals surface area contributed by atoms with Crippen molar-refractivity contribution in [2.75, 3.05) is 26.2 Å². The van der Waals surface area contributed by atoms with E-state index in [1.54, 1.807) is 12.1 Å². The van der Waals surface area contributed by atoms with Crippen molar-refractivity contribution in [3.8, 4) is 11.5 Å². The topological polar surface area (TPSA) is 99.2 Å². The molecule has 3 aromatic rings. The lowest BCUT2D eigenvalue weighted by molar-refractivity contribution is -0.137. The number of para-hydroxylation sites is 1. The number of nitrogens with zero attached hydrogens (tertiary/aromatic N) is 2. The molecule has 1 aliphatic rings. The minimum Gasteiger partial charge on any atom is -0.465 e. The number of nitrogens with one attached hydrogen (secondary N) is 1. The quantitative estimate of drug-likeness (QED) is 0.316. The highest BCUT2D eigenvalue weighted by Crippen LogP contribution is 2.34. The second kappa shape index (κ2) is 12.3. The fourth-order valence-electron chi connectivity index (χ4n) is 4.99. The van der Waals surface area contributed by atoms with E-state index in [9.17, 15) is 31.5 Å². The number of hydrogen-bond acceptors (Lipinski definition) is 5. The van der Waals surface area contributed by atoms with Gasteiger partial charge in [-0.15, -0.1) is 0 Å². The van der Waals surface area contributed by atoms with Crippen LogP contribution in [0.15, 0.2) is 83.8 Å². The zero-order chi connectivity index (χ0) is 30.7. The van der Waals surface area contributed by atoms with E-state index in [2.05, 4.69) is 4.72 Å². The van der Waals surface area contributed by atoms with E-state index in [1.807, 2.05) is 43.9 Å². The molecule has 1 saturated heterocycles. The average Bonchev–Trinajstić information content (AvgIpc) is 2.93. The number of ether oxygens (including phenoxy) is 1. The fraction of sp³-hybridized carbons (Fsp3) is 0.367. The maximum Gasteiger partial charge on any atom is 0.416 e. The largest absolute Gasteiger partial charge is 0.465 e. The summed E-state index contributed by atoms with van der Waals surface area (Å²) in [5.41, 5.74) is -0.773. The van der Waals surface area contributed by atoms with Gasteiger partial charge in [-0.2, -0.15) is 13.2 Å². The van der Waals surface area contributed by atoms with Gasteiger partial charge in [0.2, 0.25) is 10.0 Å². The lowest BCUT2D eigenvalue weighted by Crippen LogP contribution is -2.60. The smallest absolute Gasteiger partial charge is 0.416 e. The molecule has 0 spiro atoms. The molecule has 226 valence electrons. The summed E-state index contributed by atoms with van der Waals surface area (Å²) >= 11 is 0. The standard InChI is InChI=1S/C30H34F3N3O5S/c1-29(2,3)27-20-35(17-18-36(27)28(37)38)26(21-9-11-22(12-10-21)30(31,32)33)19-34-42(39,40)25-15-13-24(14-16-25)41-23-7-5-4-6-8-23/h4-16,26-27,34H,17-20H2,1-3H3,(H,37,38). The lowest BCUT2D eigenvalue weighted by atomic mass is 9.83. The van der Waals surface area contributed by atoms with E-state index < -0.39 is 45.4 Å². The first-order valence-electron chi connectivity index (χ1n) is 13.4. The molecule has 1 amide bonds. The first-order valence-corrected chi connectivity index (χ1v) is 14.9. The molecule has 2 N–H and O–H groups in total. The van der Waals surface area contributed by atoms with E-state index in [4.69, 9.17) is 4.74 Å². The summed E-state index contributed by atoms with van der Waals surface area (Å²) < 4.78 is 74.6. The van der Waals surface area contributed by atoms with Crippen LogP contribution in [0.3, 0.4) is 0 Å². The molecule has 1 heterocycles. The fourth-order valence-corrected chi connectivity index (χ4v) is 6.03. The van der Waals surface area contributed by atoms with Crippen molar-refractivity contribution in [1.29, 1.82) is 0 Å². The summed E-state index contributed by atoms with van der Waals surface area (Å²) in [4.78, 5) is 15.2. The van der Waals surface area contributed by atoms with Crippen LogP contribution in [0.25, 0.3) is 0 Å². The maximum atomic E-state index is 13.3. The van der Waals surface area contributed by atoms with Crippen molar-refractivity contribution in [3.63, 3.8) is 0 Å². The van der Waals surface area contributed by atoms with E-state index >= 15 is 0 Å². The van der Waals surface area contributed by atoms with Crippen LogP contribution in [-0.2, 0) is 16.2 Å². The molecular formula is C30H34F3N3O5S. The van der Waals surface area contributed by atoms with Crippen molar-refractivity contribution in [1.82, 2.24) is 14.5 Å². The second-order valence-electron chi connectivity index (χ2n) is 11.2. The third-order valence-corrected chi connectivity index (χ3v) is 8.74. The van der Waals surface area contributed by atoms with Gasteiger partial charge in [0.25, 0.3) is 0 Å². The Balaban J connectivity index is 1.57. The van der Waals surface area contributed by atoms with E-state index in [-0.39, 0.29) is 31.1 Å². The van der Waals surface area contributed by atoms with Crippen molar-refractivity contribution in [3.05, 3.63) is 90.0 Å². The summed E-state index contributed by atoms with van der Waals surface area (Å²) in [5, 5.41) is 9.76. The molecule has 42 heavy (non-hydrogen) atoms. The zero-order valence-electron chi connectivity index (χ0n) is 23.5. The molecule has 1 aliphatic heterocycles. The SMILES string of the molecule is CC(C)(C)C1CN(C(CNS(=O)(=O)c2ccc(Oc3ccccc3)cc2)c2ccc(C(F)(F)F)cc2)CCN1C(=O)O. The number of halogens is 3. The number of amides is 1. The van der Waals surface area contributed by atoms with Gasteiger partial charge >= 0.3 is 12.3 Å². The summed E-state index contributed by atoms with van der Waals surface area (Å²) in [6.07, 6.45) is -5.57. The van der Waals surface area contributed by atoms with Gasteiger partial charge in [-0.05, 0) is 59.5 Å². The Kier molecular flexibility index (Phi) is 9.19. The summed E-state index contributed by atoms with van der Waals surface area (Å²) in [7, 11) is -4.01. The highest BCUT2D eigenvalue weighted by atomic mass is 32.2. The van der Waals surface area contributed by atoms with Gasteiger partial charge in [-0.3, -0.25) is 4.90 Å². The molecular weight excluding hydrogens is 571 g/mol. The third-order valence-electron chi connectivity index (χ3n) is 7.30. The second-order valence-corrected chi connectivity index (χ2v) is 13.0. The first-order chi connectivity index (χ1) is 19.6. The summed E-state index contributed by atoms with van der Waals surface area (Å²) in [6, 6.07) is 18.5. The Bertz CT molecular complexity index is 1460. The van der Waals surface area contributed by atoms with Crippen LogP contribution in [0, 0.1) is 5.41 Å². The van der Waals surface area contributed by atoms with Gasteiger partial charge in [0.15, 0.2) is 0 Å². The Labute approximate surface area is 243 Å². The molecule has 3 aromatic carbocycles. The van der Waals surface area contributed by atoms with Crippen molar-refractivity contribution >= 4 is 16.1 Å². The van der Waals surface area contributed by atoms with Gasteiger partial charge in [0.05, 0.1) is 16.5 Å². The Morgan fingerprint density at radius 3 is 2.10 bits per heavy atom. The predicted octanol–water partition coefficient (Wildman–Crippen LogP) is 6.23. The molecule has 4 rings (SSSR count). The normalized spacial score (nSPS) is 17.6. The monoisotopic (exact) mass is 605 g/mol. The van der Waals surface area contributed by atoms with Crippen molar-refractivity contribution in [2.24, 2.45) is 5.41 Å². The minimum atomic E-state index is -4.52. The zero-order valence-corrected chi connectivity index (χ0v) is 24.3. The Morgan fingerprint density at radius 1 is 0.952 bits per heavy atom. The van der Waals surface area contributed by atoms with Crippen molar-refractivity contribution in [2.45, 2.75) is 43.9 Å². The van der Waals surface area contributed by atoms with Gasteiger partial charge in [-0.25, -0.2) is 17.9 Å². The molecule has 0 saturated carbocycles. The maximum absolute atomic E-state index is 13.3. The van der Waals surface area contributed by atoms with Crippen LogP contribution in [0.2, 0.25) is 0 Å². The Hall–Kier alpha value is -3.61. The van der Waals surface area contributed by atoms with Crippen LogP contribution >= 0.6 is 0 Å². The van der Waals surface area contributed by atoms with Crippen LogP contribution in [-0.4, -0.2) is 61.6 Å². The van der Waals surface area contributed by atoms with E-state index in [1.165, 1.54) is 41.3 Å². The first kappa shape index (κ1) is 31.3. The average molecular weight is 606 g/mol. The summed E-state index contributed by atoms with van der Waals surface area (Å²) in [6.45, 7) is 6.32. The number of carboxylic acid groups (broad SMARTS) is 1. The van der Waals surface area contributed by atoms with Gasteiger partial charge in [-0.1, -0.05) is 51.1 Å². The lowest BCUT2D eigenvalue weighted by Gasteiger charge is -2.48. The number of hydrogen-bond donors (Lipinski definition) is 2. The highest BCUT2D eigenvalue weighted by Gasteiger charge is 2.40. The van der Waals surface area contributed by atoms with E-state index in [0.717, 1.165) is 12.1 Å². The number of sulfonamides is 1. The molecule has 2 unspecified atom stereocenters. The molecule has 2 atom stereocenters. The number of benzene rings is 3. The van der Waals surface area contributed by atoms with Crippen LogP contribution < -0.4 is 9.46 Å². The number of carbonyl (C=O) groups is 1. The van der Waals surface area contributed by atoms with Crippen LogP contribution in [0.5, 0.6) is 11.5 Å². The number of alkyl halides is 3. The van der Waals surface area contributed by atoms with Crippen molar-refractivity contribution < 1.29 is 36.2 Å². The van der Waals surface area contributed by atoms with Gasteiger partial charge in [0, 0.05) is 32.2 Å². The molecule has 0 radical (unpaired) electrons. The third kappa shape index (κ3) is 7.61. The molecule has 1 fully saturated rings. The van der Waals surface area contributed by atoms with Crippen LogP contribution in [0.1, 0.15) is 37.9 Å². The van der Waals surface area contributed by atoms with Gasteiger partial charge in [0.1, 0.15) is 11.5 Å². The predicted molar refractivity (Wildman–Crippen MR) is 152 cm³/mol. The number of piperazine rings is 1.